The minimum atomic E-state index is -4.18. The van der Waals surface area contributed by atoms with E-state index < -0.39 is 18.6 Å². The Morgan fingerprint density at radius 3 is 1.86 bits per heavy atom. The Kier molecular flexibility index (Phi) is 3.79. The lowest BCUT2D eigenvalue weighted by Gasteiger charge is -2.18. The first-order chi connectivity index (χ1) is 10.5. The second-order valence-corrected chi connectivity index (χ2v) is 5.49. The third-order valence-corrected chi connectivity index (χ3v) is 3.92. The van der Waals surface area contributed by atoms with E-state index in [0.29, 0.717) is 0 Å². The predicted octanol–water partition coefficient (Wildman–Crippen LogP) is 5.34. The van der Waals surface area contributed by atoms with Gasteiger partial charge < -0.3 is 5.73 Å². The maximum Gasteiger partial charge on any atom is 0.389 e. The largest absolute Gasteiger partial charge is 0.389 e. The average Bonchev–Trinajstić information content (AvgIpc) is 2.49. The first-order valence-electron chi connectivity index (χ1n) is 7.18. The van der Waals surface area contributed by atoms with Gasteiger partial charge in [0.1, 0.15) is 0 Å². The molecule has 0 saturated heterocycles. The van der Waals surface area contributed by atoms with E-state index in [1.807, 2.05) is 54.6 Å². The van der Waals surface area contributed by atoms with Crippen molar-refractivity contribution in [2.45, 2.75) is 25.1 Å². The summed E-state index contributed by atoms with van der Waals surface area (Å²) >= 11 is 0. The zero-order valence-electron chi connectivity index (χ0n) is 11.9. The monoisotopic (exact) mass is 303 g/mol. The van der Waals surface area contributed by atoms with Crippen LogP contribution in [0.1, 0.15) is 24.4 Å². The smallest absolute Gasteiger partial charge is 0.324 e. The van der Waals surface area contributed by atoms with Gasteiger partial charge in [-0.2, -0.15) is 13.2 Å². The summed E-state index contributed by atoms with van der Waals surface area (Å²) in [5.74, 6) is 0. The molecule has 1 atom stereocenters. The van der Waals surface area contributed by atoms with E-state index in [4.69, 9.17) is 5.73 Å². The Labute approximate surface area is 126 Å². The van der Waals surface area contributed by atoms with Gasteiger partial charge in [-0.15, -0.1) is 0 Å². The fourth-order valence-electron chi connectivity index (χ4n) is 2.91. The quantitative estimate of drug-likeness (QED) is 0.650. The van der Waals surface area contributed by atoms with Crippen LogP contribution in [0.25, 0.3) is 21.5 Å². The molecule has 0 aliphatic heterocycles. The van der Waals surface area contributed by atoms with Crippen molar-refractivity contribution in [3.63, 3.8) is 0 Å². The van der Waals surface area contributed by atoms with Crippen LogP contribution < -0.4 is 5.73 Å². The Morgan fingerprint density at radius 1 is 0.864 bits per heavy atom. The number of hydrogen-bond acceptors (Lipinski definition) is 1. The van der Waals surface area contributed by atoms with E-state index in [0.717, 1.165) is 27.1 Å². The van der Waals surface area contributed by atoms with Crippen molar-refractivity contribution in [2.24, 2.45) is 5.73 Å². The molecule has 2 N–H and O–H groups in total. The SMILES string of the molecule is N[C@@H](CCC(F)(F)F)c1c2ccccc2cc2ccccc12. The third kappa shape index (κ3) is 2.92. The molecule has 0 fully saturated rings. The van der Waals surface area contributed by atoms with Crippen molar-refractivity contribution in [1.29, 1.82) is 0 Å². The van der Waals surface area contributed by atoms with Crippen molar-refractivity contribution in [3.8, 4) is 0 Å². The topological polar surface area (TPSA) is 26.0 Å². The van der Waals surface area contributed by atoms with Gasteiger partial charge in [0.05, 0.1) is 0 Å². The van der Waals surface area contributed by atoms with Gasteiger partial charge in [0, 0.05) is 12.5 Å². The Balaban J connectivity index is 2.15. The van der Waals surface area contributed by atoms with E-state index in [-0.39, 0.29) is 6.42 Å². The molecule has 0 radical (unpaired) electrons. The summed E-state index contributed by atoms with van der Waals surface area (Å²) in [6, 6.07) is 16.8. The van der Waals surface area contributed by atoms with E-state index in [9.17, 15) is 13.2 Å². The van der Waals surface area contributed by atoms with E-state index >= 15 is 0 Å². The second-order valence-electron chi connectivity index (χ2n) is 5.49. The first kappa shape index (κ1) is 14.9. The average molecular weight is 303 g/mol. The van der Waals surface area contributed by atoms with Crippen molar-refractivity contribution in [1.82, 2.24) is 0 Å². The molecular weight excluding hydrogens is 287 g/mol. The van der Waals surface area contributed by atoms with Crippen LogP contribution in [0.15, 0.2) is 54.6 Å². The molecule has 3 aromatic carbocycles. The molecule has 114 valence electrons. The van der Waals surface area contributed by atoms with Gasteiger partial charge in [-0.05, 0) is 39.6 Å². The van der Waals surface area contributed by atoms with Gasteiger partial charge in [-0.25, -0.2) is 0 Å². The highest BCUT2D eigenvalue weighted by Crippen LogP contribution is 2.35. The van der Waals surface area contributed by atoms with Crippen LogP contribution in [0.2, 0.25) is 0 Å². The van der Waals surface area contributed by atoms with Crippen molar-refractivity contribution in [3.05, 3.63) is 60.2 Å². The maximum atomic E-state index is 12.5. The maximum absolute atomic E-state index is 12.5. The number of alkyl halides is 3. The van der Waals surface area contributed by atoms with Gasteiger partial charge in [0.2, 0.25) is 0 Å². The summed E-state index contributed by atoms with van der Waals surface area (Å²) in [4.78, 5) is 0. The van der Waals surface area contributed by atoms with Crippen LogP contribution in [0.4, 0.5) is 13.2 Å². The fourth-order valence-corrected chi connectivity index (χ4v) is 2.91. The zero-order chi connectivity index (χ0) is 15.7. The highest BCUT2D eigenvalue weighted by molar-refractivity contribution is 6.02. The highest BCUT2D eigenvalue weighted by atomic mass is 19.4. The fraction of sp³-hybridized carbons (Fsp3) is 0.222. The number of fused-ring (bicyclic) bond motifs is 2. The summed E-state index contributed by atoms with van der Waals surface area (Å²) in [5, 5.41) is 3.85. The molecule has 0 heterocycles. The van der Waals surface area contributed by atoms with Crippen molar-refractivity contribution >= 4 is 21.5 Å². The van der Waals surface area contributed by atoms with E-state index in [2.05, 4.69) is 0 Å². The lowest BCUT2D eigenvalue weighted by Crippen LogP contribution is -2.16. The molecule has 1 nitrogen and oxygen atoms in total. The zero-order valence-corrected chi connectivity index (χ0v) is 11.9. The van der Waals surface area contributed by atoms with Crippen LogP contribution >= 0.6 is 0 Å². The lowest BCUT2D eigenvalue weighted by atomic mass is 9.90. The first-order valence-corrected chi connectivity index (χ1v) is 7.18. The Morgan fingerprint density at radius 2 is 1.36 bits per heavy atom. The summed E-state index contributed by atoms with van der Waals surface area (Å²) in [6.07, 6.45) is -5.16. The van der Waals surface area contributed by atoms with Crippen LogP contribution in [-0.4, -0.2) is 6.18 Å². The molecule has 0 bridgehead atoms. The summed E-state index contributed by atoms with van der Waals surface area (Å²) in [6.45, 7) is 0. The molecule has 0 spiro atoms. The number of benzene rings is 3. The van der Waals surface area contributed by atoms with Gasteiger partial charge in [-0.3, -0.25) is 0 Å². The molecule has 0 amide bonds. The molecule has 0 unspecified atom stereocenters. The Hall–Kier alpha value is -2.07. The number of hydrogen-bond donors (Lipinski definition) is 1. The van der Waals surface area contributed by atoms with E-state index in [1.54, 1.807) is 0 Å². The van der Waals surface area contributed by atoms with Gasteiger partial charge in [-0.1, -0.05) is 48.5 Å². The molecule has 0 saturated carbocycles. The Bertz CT molecular complexity index is 754. The van der Waals surface area contributed by atoms with Gasteiger partial charge in [0.15, 0.2) is 0 Å². The molecule has 3 aromatic rings. The van der Waals surface area contributed by atoms with Crippen molar-refractivity contribution in [2.75, 3.05) is 0 Å². The van der Waals surface area contributed by atoms with Crippen molar-refractivity contribution < 1.29 is 13.2 Å². The lowest BCUT2D eigenvalue weighted by molar-refractivity contribution is -0.136. The minimum Gasteiger partial charge on any atom is -0.324 e. The highest BCUT2D eigenvalue weighted by Gasteiger charge is 2.28. The molecule has 0 aromatic heterocycles. The molecule has 0 aliphatic carbocycles. The molecular formula is C18H16F3N. The van der Waals surface area contributed by atoms with Crippen LogP contribution in [0, 0.1) is 0 Å². The molecule has 4 heteroatoms. The number of rotatable bonds is 3. The van der Waals surface area contributed by atoms with Crippen LogP contribution in [0.5, 0.6) is 0 Å². The third-order valence-electron chi connectivity index (χ3n) is 3.92. The number of halogens is 3. The number of nitrogens with two attached hydrogens (primary N) is 1. The van der Waals surface area contributed by atoms with E-state index in [1.165, 1.54) is 0 Å². The molecule has 3 rings (SSSR count). The minimum absolute atomic E-state index is 0.110. The van der Waals surface area contributed by atoms with Crippen LogP contribution in [0.3, 0.4) is 0 Å². The predicted molar refractivity (Wildman–Crippen MR) is 83.7 cm³/mol. The van der Waals surface area contributed by atoms with Gasteiger partial charge >= 0.3 is 6.18 Å². The summed E-state index contributed by atoms with van der Waals surface area (Å²) in [5.41, 5.74) is 6.94. The molecule has 0 aliphatic rings. The standard InChI is InChI=1S/C18H16F3N/c19-18(20,21)10-9-16(22)17-14-7-3-1-5-12(14)11-13-6-2-4-8-15(13)17/h1-8,11,16H,9-10,22H2/t16-/m0/s1. The summed E-state index contributed by atoms with van der Waals surface area (Å²) < 4.78 is 37.5. The molecule has 22 heavy (non-hydrogen) atoms. The van der Waals surface area contributed by atoms with Crippen LogP contribution in [-0.2, 0) is 0 Å². The summed E-state index contributed by atoms with van der Waals surface area (Å²) in [7, 11) is 0. The van der Waals surface area contributed by atoms with Gasteiger partial charge in [0.25, 0.3) is 0 Å². The second kappa shape index (κ2) is 5.61. The normalized spacial score (nSPS) is 13.6.